The summed E-state index contributed by atoms with van der Waals surface area (Å²) in [6.07, 6.45) is 5.95. The number of nitriles is 1. The quantitative estimate of drug-likeness (QED) is 0.677. The van der Waals surface area contributed by atoms with Crippen LogP contribution in [0.2, 0.25) is 0 Å². The molecule has 0 fully saturated rings. The predicted molar refractivity (Wildman–Crippen MR) is 97.9 cm³/mol. The van der Waals surface area contributed by atoms with Gasteiger partial charge in [0.15, 0.2) is 17.5 Å². The second kappa shape index (κ2) is 6.75. The van der Waals surface area contributed by atoms with Crippen LogP contribution in [0.3, 0.4) is 0 Å². The third kappa shape index (κ3) is 2.60. The highest BCUT2D eigenvalue weighted by molar-refractivity contribution is 6.11. The molecule has 3 aromatic rings. The van der Waals surface area contributed by atoms with Gasteiger partial charge in [0.05, 0.1) is 6.07 Å². The molecule has 26 heavy (non-hydrogen) atoms. The first-order valence-corrected chi connectivity index (χ1v) is 9.18. The summed E-state index contributed by atoms with van der Waals surface area (Å²) in [5.74, 6) is 0.255. The first-order valence-electron chi connectivity index (χ1n) is 9.18. The molecule has 0 spiro atoms. The van der Waals surface area contributed by atoms with Crippen LogP contribution in [0.5, 0.6) is 0 Å². The van der Waals surface area contributed by atoms with Crippen molar-refractivity contribution in [2.45, 2.75) is 51.6 Å². The zero-order valence-electron chi connectivity index (χ0n) is 14.9. The van der Waals surface area contributed by atoms with E-state index in [2.05, 4.69) is 16.3 Å². The van der Waals surface area contributed by atoms with Crippen molar-refractivity contribution in [2.75, 3.05) is 0 Å². The van der Waals surface area contributed by atoms with Gasteiger partial charge in [-0.05, 0) is 25.8 Å². The Kier molecular flexibility index (Phi) is 4.29. The molecule has 4 rings (SSSR count). The van der Waals surface area contributed by atoms with Gasteiger partial charge in [0.1, 0.15) is 5.82 Å². The normalized spacial score (nSPS) is 15.2. The highest BCUT2D eigenvalue weighted by Crippen LogP contribution is 2.28. The predicted octanol–water partition coefficient (Wildman–Crippen LogP) is 3.47. The Bertz CT molecular complexity index is 1010. The SMILES string of the molecule is CCn1cc(C(=O)[C@H](C#N)c2nnc3n2CCCCC3)c2ccccc21. The summed E-state index contributed by atoms with van der Waals surface area (Å²) < 4.78 is 4.03. The van der Waals surface area contributed by atoms with Gasteiger partial charge < -0.3 is 9.13 Å². The molecule has 1 aromatic carbocycles. The van der Waals surface area contributed by atoms with Gasteiger partial charge in [0, 0.05) is 42.2 Å². The topological polar surface area (TPSA) is 76.5 Å². The van der Waals surface area contributed by atoms with Gasteiger partial charge in [-0.15, -0.1) is 10.2 Å². The number of fused-ring (bicyclic) bond motifs is 2. The molecular formula is C20H21N5O. The zero-order chi connectivity index (χ0) is 18.1. The lowest BCUT2D eigenvalue weighted by atomic mass is 9.97. The van der Waals surface area contributed by atoms with Gasteiger partial charge in [-0.25, -0.2) is 0 Å². The number of ketones is 1. The van der Waals surface area contributed by atoms with Gasteiger partial charge in [-0.1, -0.05) is 24.6 Å². The number of hydrogen-bond acceptors (Lipinski definition) is 4. The smallest absolute Gasteiger partial charge is 0.189 e. The molecule has 1 atom stereocenters. The molecule has 0 aliphatic carbocycles. The van der Waals surface area contributed by atoms with E-state index in [9.17, 15) is 10.1 Å². The van der Waals surface area contributed by atoms with Crippen LogP contribution in [0.25, 0.3) is 10.9 Å². The molecule has 2 aromatic heterocycles. The molecule has 0 bridgehead atoms. The third-order valence-corrected chi connectivity index (χ3v) is 5.18. The maximum absolute atomic E-state index is 13.3. The molecular weight excluding hydrogens is 326 g/mol. The Morgan fingerprint density at radius 2 is 2.12 bits per heavy atom. The molecule has 0 unspecified atom stereocenters. The summed E-state index contributed by atoms with van der Waals surface area (Å²) in [6.45, 7) is 3.59. The molecule has 0 radical (unpaired) electrons. The maximum Gasteiger partial charge on any atom is 0.189 e. The Labute approximate surface area is 152 Å². The van der Waals surface area contributed by atoms with Crippen molar-refractivity contribution in [3.8, 4) is 6.07 Å². The van der Waals surface area contributed by atoms with E-state index in [4.69, 9.17) is 0 Å². The van der Waals surface area contributed by atoms with Crippen LogP contribution in [0.4, 0.5) is 0 Å². The fourth-order valence-corrected chi connectivity index (χ4v) is 3.81. The molecule has 0 N–H and O–H groups in total. The minimum absolute atomic E-state index is 0.199. The molecule has 0 saturated heterocycles. The van der Waals surface area contributed by atoms with Crippen molar-refractivity contribution in [3.05, 3.63) is 47.7 Å². The standard InChI is InChI=1S/C20H21N5O/c1-2-24-13-16(14-8-5-6-9-17(14)24)19(26)15(12-21)20-23-22-18-10-4-3-7-11-25(18)20/h5-6,8-9,13,15H,2-4,7,10-11H2,1H3/t15-/m0/s1. The second-order valence-corrected chi connectivity index (χ2v) is 6.71. The second-order valence-electron chi connectivity index (χ2n) is 6.71. The fourth-order valence-electron chi connectivity index (χ4n) is 3.81. The van der Waals surface area contributed by atoms with E-state index in [1.54, 1.807) is 0 Å². The van der Waals surface area contributed by atoms with Gasteiger partial charge in [-0.2, -0.15) is 5.26 Å². The molecule has 0 saturated carbocycles. The van der Waals surface area contributed by atoms with Crippen molar-refractivity contribution in [1.82, 2.24) is 19.3 Å². The highest BCUT2D eigenvalue weighted by atomic mass is 16.1. The number of carbonyl (C=O) groups is 1. The summed E-state index contributed by atoms with van der Waals surface area (Å²) in [5, 5.41) is 19.1. The van der Waals surface area contributed by atoms with Crippen LogP contribution in [0.1, 0.15) is 54.1 Å². The minimum Gasteiger partial charge on any atom is -0.347 e. The van der Waals surface area contributed by atoms with Gasteiger partial charge in [0.2, 0.25) is 0 Å². The summed E-state index contributed by atoms with van der Waals surface area (Å²) in [6, 6.07) is 10.0. The Morgan fingerprint density at radius 3 is 2.92 bits per heavy atom. The lowest BCUT2D eigenvalue weighted by Gasteiger charge is -2.10. The first kappa shape index (κ1) is 16.5. The van der Waals surface area contributed by atoms with Crippen molar-refractivity contribution in [3.63, 3.8) is 0 Å². The Hall–Kier alpha value is -2.94. The van der Waals surface area contributed by atoms with Crippen molar-refractivity contribution < 1.29 is 4.79 Å². The average molecular weight is 347 g/mol. The lowest BCUT2D eigenvalue weighted by Crippen LogP contribution is -2.17. The molecule has 0 amide bonds. The zero-order valence-corrected chi connectivity index (χ0v) is 14.9. The number of para-hydroxylation sites is 1. The first-order chi connectivity index (χ1) is 12.7. The number of hydrogen-bond donors (Lipinski definition) is 0. The molecule has 6 heteroatoms. The van der Waals surface area contributed by atoms with E-state index in [1.165, 1.54) is 0 Å². The molecule has 132 valence electrons. The fraction of sp³-hybridized carbons (Fsp3) is 0.400. The van der Waals surface area contributed by atoms with Crippen molar-refractivity contribution in [1.29, 1.82) is 5.26 Å². The average Bonchev–Trinajstić information content (AvgIpc) is 3.15. The summed E-state index contributed by atoms with van der Waals surface area (Å²) in [4.78, 5) is 13.3. The summed E-state index contributed by atoms with van der Waals surface area (Å²) in [5.41, 5.74) is 1.59. The Balaban J connectivity index is 1.78. The van der Waals surface area contributed by atoms with E-state index >= 15 is 0 Å². The van der Waals surface area contributed by atoms with E-state index in [0.29, 0.717) is 11.4 Å². The van der Waals surface area contributed by atoms with E-state index in [-0.39, 0.29) is 5.78 Å². The van der Waals surface area contributed by atoms with Crippen LogP contribution in [0.15, 0.2) is 30.5 Å². The molecule has 6 nitrogen and oxygen atoms in total. The van der Waals surface area contributed by atoms with Gasteiger partial charge in [0.25, 0.3) is 0 Å². The van der Waals surface area contributed by atoms with Crippen molar-refractivity contribution >= 4 is 16.7 Å². The highest BCUT2D eigenvalue weighted by Gasteiger charge is 2.30. The number of nitrogens with zero attached hydrogens (tertiary/aromatic N) is 5. The van der Waals surface area contributed by atoms with E-state index < -0.39 is 5.92 Å². The monoisotopic (exact) mass is 347 g/mol. The van der Waals surface area contributed by atoms with Crippen LogP contribution in [0, 0.1) is 11.3 Å². The number of benzene rings is 1. The van der Waals surface area contributed by atoms with Crippen LogP contribution in [-0.4, -0.2) is 25.1 Å². The molecule has 1 aliphatic rings. The van der Waals surface area contributed by atoms with Crippen LogP contribution in [-0.2, 0) is 19.5 Å². The third-order valence-electron chi connectivity index (χ3n) is 5.18. The minimum atomic E-state index is -0.925. The van der Waals surface area contributed by atoms with Gasteiger partial charge in [-0.3, -0.25) is 4.79 Å². The molecule has 3 heterocycles. The van der Waals surface area contributed by atoms with E-state index in [1.807, 2.05) is 46.5 Å². The van der Waals surface area contributed by atoms with Crippen LogP contribution < -0.4 is 0 Å². The van der Waals surface area contributed by atoms with E-state index in [0.717, 1.165) is 55.5 Å². The molecule has 1 aliphatic heterocycles. The summed E-state index contributed by atoms with van der Waals surface area (Å²) in [7, 11) is 0. The largest absolute Gasteiger partial charge is 0.347 e. The number of rotatable bonds is 4. The Morgan fingerprint density at radius 1 is 1.27 bits per heavy atom. The number of carbonyl (C=O) groups excluding carboxylic acids is 1. The summed E-state index contributed by atoms with van der Waals surface area (Å²) >= 11 is 0. The lowest BCUT2D eigenvalue weighted by molar-refractivity contribution is 0.0976. The number of aromatic nitrogens is 4. The number of aryl methyl sites for hydroxylation is 2. The van der Waals surface area contributed by atoms with Crippen molar-refractivity contribution in [2.24, 2.45) is 0 Å². The maximum atomic E-state index is 13.3. The number of Topliss-reactive ketones (excluding diaryl/α,β-unsaturated/α-hetero) is 1. The van der Waals surface area contributed by atoms with Gasteiger partial charge >= 0.3 is 0 Å². The van der Waals surface area contributed by atoms with Crippen LogP contribution >= 0.6 is 0 Å².